The Kier molecular flexibility index (Phi) is 5.56. The Morgan fingerprint density at radius 3 is 2.33 bits per heavy atom. The van der Waals surface area contributed by atoms with E-state index in [1.54, 1.807) is 30.9 Å². The van der Waals surface area contributed by atoms with Gasteiger partial charge in [0.25, 0.3) is 5.91 Å². The predicted molar refractivity (Wildman–Crippen MR) is 82.1 cm³/mol. The molecule has 0 unspecified atom stereocenters. The number of likely N-dealkylation sites (N-methyl/N-ethyl adjacent to an activating group) is 1. The highest BCUT2D eigenvalue weighted by Crippen LogP contribution is 2.27. The van der Waals surface area contributed by atoms with Crippen LogP contribution in [0.1, 0.15) is 43.8 Å². The van der Waals surface area contributed by atoms with Crippen molar-refractivity contribution in [3.05, 3.63) is 24.5 Å². The topological polar surface area (TPSA) is 63.1 Å². The molecule has 1 saturated carbocycles. The molecule has 0 spiro atoms. The third kappa shape index (κ3) is 3.94. The number of nitrogens with one attached hydrogen (secondary N) is 2. The maximum absolute atomic E-state index is 12.7. The summed E-state index contributed by atoms with van der Waals surface area (Å²) in [5.74, 6) is 0.0822. The summed E-state index contributed by atoms with van der Waals surface area (Å²) in [6.07, 6.45) is 8.99. The maximum Gasteiger partial charge on any atom is 0.253 e. The minimum Gasteiger partial charge on any atom is -0.343 e. The molecule has 0 saturated heterocycles. The van der Waals surface area contributed by atoms with Gasteiger partial charge in [-0.2, -0.15) is 0 Å². The van der Waals surface area contributed by atoms with E-state index in [0.717, 1.165) is 25.7 Å². The molecule has 0 aliphatic heterocycles. The van der Waals surface area contributed by atoms with Gasteiger partial charge in [-0.25, -0.2) is 0 Å². The second-order valence-electron chi connectivity index (χ2n) is 5.82. The minimum atomic E-state index is -0.430. The van der Waals surface area contributed by atoms with E-state index in [9.17, 15) is 9.59 Å². The van der Waals surface area contributed by atoms with Gasteiger partial charge in [0.15, 0.2) is 0 Å². The molecule has 0 aromatic carbocycles. The van der Waals surface area contributed by atoms with E-state index < -0.39 is 6.04 Å². The molecule has 5 heteroatoms. The van der Waals surface area contributed by atoms with Crippen molar-refractivity contribution in [2.45, 2.75) is 51.1 Å². The van der Waals surface area contributed by atoms with Gasteiger partial charge >= 0.3 is 0 Å². The lowest BCUT2D eigenvalue weighted by atomic mass is 9.83. The molecule has 1 heterocycles. The van der Waals surface area contributed by atoms with Crippen LogP contribution in [-0.2, 0) is 4.79 Å². The Bertz CT molecular complexity index is 464. The molecule has 0 radical (unpaired) electrons. The van der Waals surface area contributed by atoms with Crippen molar-refractivity contribution < 1.29 is 9.59 Å². The normalized spacial score (nSPS) is 19.0. The first-order valence-corrected chi connectivity index (χ1v) is 7.78. The lowest BCUT2D eigenvalue weighted by molar-refractivity contribution is -0.123. The van der Waals surface area contributed by atoms with Crippen LogP contribution >= 0.6 is 0 Å². The van der Waals surface area contributed by atoms with Gasteiger partial charge in [-0.05, 0) is 44.9 Å². The van der Waals surface area contributed by atoms with E-state index in [1.807, 2.05) is 12.1 Å². The van der Waals surface area contributed by atoms with Gasteiger partial charge in [0.1, 0.15) is 6.04 Å². The fourth-order valence-corrected chi connectivity index (χ4v) is 2.90. The van der Waals surface area contributed by atoms with Gasteiger partial charge in [-0.1, -0.05) is 19.3 Å². The summed E-state index contributed by atoms with van der Waals surface area (Å²) in [6, 6.07) is 2.93. The van der Waals surface area contributed by atoms with Gasteiger partial charge in [0.2, 0.25) is 5.91 Å². The smallest absolute Gasteiger partial charge is 0.253 e. The first kappa shape index (κ1) is 15.8. The highest BCUT2D eigenvalue weighted by Gasteiger charge is 2.32. The van der Waals surface area contributed by atoms with Crippen molar-refractivity contribution in [3.8, 4) is 0 Å². The van der Waals surface area contributed by atoms with Crippen LogP contribution in [0.25, 0.3) is 0 Å². The molecule has 2 N–H and O–H groups in total. The summed E-state index contributed by atoms with van der Waals surface area (Å²) in [4.78, 5) is 24.8. The SMILES string of the molecule is CN[C@@H](C)C(=O)N[C@H](C(=O)n1cccc1)C1CCCCC1. The second kappa shape index (κ2) is 7.41. The zero-order chi connectivity index (χ0) is 15.2. The van der Waals surface area contributed by atoms with E-state index in [-0.39, 0.29) is 23.8 Å². The molecule has 21 heavy (non-hydrogen) atoms. The molecule has 5 nitrogen and oxygen atoms in total. The van der Waals surface area contributed by atoms with E-state index in [1.165, 1.54) is 6.42 Å². The Balaban J connectivity index is 2.13. The van der Waals surface area contributed by atoms with Crippen LogP contribution in [0.15, 0.2) is 24.5 Å². The van der Waals surface area contributed by atoms with Gasteiger partial charge < -0.3 is 10.6 Å². The summed E-state index contributed by atoms with van der Waals surface area (Å²) >= 11 is 0. The lowest BCUT2D eigenvalue weighted by Crippen LogP contribution is -2.52. The summed E-state index contributed by atoms with van der Waals surface area (Å²) in [5, 5.41) is 5.87. The van der Waals surface area contributed by atoms with E-state index >= 15 is 0 Å². The zero-order valence-electron chi connectivity index (χ0n) is 12.8. The molecule has 1 amide bonds. The van der Waals surface area contributed by atoms with Crippen molar-refractivity contribution in [3.63, 3.8) is 0 Å². The van der Waals surface area contributed by atoms with Crippen molar-refractivity contribution >= 4 is 11.8 Å². The summed E-state index contributed by atoms with van der Waals surface area (Å²) in [5.41, 5.74) is 0. The molecular weight excluding hydrogens is 266 g/mol. The average Bonchev–Trinajstić information content (AvgIpc) is 3.06. The third-order valence-electron chi connectivity index (χ3n) is 4.37. The Labute approximate surface area is 126 Å². The quantitative estimate of drug-likeness (QED) is 0.869. The summed E-state index contributed by atoms with van der Waals surface area (Å²) < 4.78 is 1.57. The minimum absolute atomic E-state index is 0.0384. The van der Waals surface area contributed by atoms with Gasteiger partial charge in [0.05, 0.1) is 6.04 Å². The molecule has 2 atom stereocenters. The molecule has 0 bridgehead atoms. The maximum atomic E-state index is 12.7. The number of hydrogen-bond donors (Lipinski definition) is 2. The molecule has 116 valence electrons. The van der Waals surface area contributed by atoms with Crippen molar-refractivity contribution in [2.24, 2.45) is 5.92 Å². The molecule has 1 aliphatic carbocycles. The Hall–Kier alpha value is -1.62. The predicted octanol–water partition coefficient (Wildman–Crippen LogP) is 1.80. The summed E-state index contributed by atoms with van der Waals surface area (Å²) in [6.45, 7) is 1.80. The van der Waals surface area contributed by atoms with Crippen LogP contribution in [0.3, 0.4) is 0 Å². The molecular formula is C16H25N3O2. The van der Waals surface area contributed by atoms with Crippen LogP contribution in [0, 0.1) is 5.92 Å². The van der Waals surface area contributed by atoms with E-state index in [2.05, 4.69) is 10.6 Å². The van der Waals surface area contributed by atoms with Gasteiger partial charge in [-0.3, -0.25) is 14.2 Å². The van der Waals surface area contributed by atoms with Crippen LogP contribution < -0.4 is 10.6 Å². The number of carbonyl (C=O) groups is 2. The number of nitrogens with zero attached hydrogens (tertiary/aromatic N) is 1. The van der Waals surface area contributed by atoms with E-state index in [0.29, 0.717) is 0 Å². The largest absolute Gasteiger partial charge is 0.343 e. The Morgan fingerprint density at radius 2 is 1.76 bits per heavy atom. The van der Waals surface area contributed by atoms with Crippen molar-refractivity contribution in [2.75, 3.05) is 7.05 Å². The average molecular weight is 291 g/mol. The molecule has 1 fully saturated rings. The highest BCUT2D eigenvalue weighted by atomic mass is 16.2. The first-order valence-electron chi connectivity index (χ1n) is 7.78. The molecule has 1 aliphatic rings. The summed E-state index contributed by atoms with van der Waals surface area (Å²) in [7, 11) is 1.74. The highest BCUT2D eigenvalue weighted by molar-refractivity contribution is 5.91. The Morgan fingerprint density at radius 1 is 1.14 bits per heavy atom. The second-order valence-corrected chi connectivity index (χ2v) is 5.82. The van der Waals surface area contributed by atoms with Crippen LogP contribution in [-0.4, -0.2) is 35.5 Å². The first-order chi connectivity index (χ1) is 10.1. The fourth-order valence-electron chi connectivity index (χ4n) is 2.90. The third-order valence-corrected chi connectivity index (χ3v) is 4.37. The number of aromatic nitrogens is 1. The van der Waals surface area contributed by atoms with Crippen molar-refractivity contribution in [1.82, 2.24) is 15.2 Å². The zero-order valence-corrected chi connectivity index (χ0v) is 12.8. The van der Waals surface area contributed by atoms with Crippen LogP contribution in [0.4, 0.5) is 0 Å². The van der Waals surface area contributed by atoms with Crippen molar-refractivity contribution in [1.29, 1.82) is 0 Å². The standard InChI is InChI=1S/C16H25N3O2/c1-12(17-2)15(20)18-14(13-8-4-3-5-9-13)16(21)19-10-6-7-11-19/h6-7,10-14,17H,3-5,8-9H2,1-2H3,(H,18,20)/t12-,14-/m0/s1. The fraction of sp³-hybridized carbons (Fsp3) is 0.625. The monoisotopic (exact) mass is 291 g/mol. The lowest BCUT2D eigenvalue weighted by Gasteiger charge is -2.30. The van der Waals surface area contributed by atoms with Crippen LogP contribution in [0.2, 0.25) is 0 Å². The molecule has 1 aromatic heterocycles. The number of hydrogen-bond acceptors (Lipinski definition) is 3. The number of carbonyl (C=O) groups excluding carboxylic acids is 2. The van der Waals surface area contributed by atoms with Gasteiger partial charge in [0, 0.05) is 12.4 Å². The van der Waals surface area contributed by atoms with Gasteiger partial charge in [-0.15, -0.1) is 0 Å². The number of rotatable bonds is 5. The van der Waals surface area contributed by atoms with Crippen LogP contribution in [0.5, 0.6) is 0 Å². The molecule has 2 rings (SSSR count). The van der Waals surface area contributed by atoms with E-state index in [4.69, 9.17) is 0 Å². The molecule has 1 aromatic rings. The number of amides is 1.